The first-order chi connectivity index (χ1) is 16.1. The number of likely N-dealkylation sites (N-methyl/N-ethyl adjacent to an activating group) is 1. The Morgan fingerprint density at radius 2 is 2.03 bits per heavy atom. The molecule has 0 saturated carbocycles. The predicted octanol–water partition coefficient (Wildman–Crippen LogP) is 5.68. The van der Waals surface area contributed by atoms with Crippen LogP contribution in [0.5, 0.6) is 0 Å². The summed E-state index contributed by atoms with van der Waals surface area (Å²) in [6.07, 6.45) is 5.86. The summed E-state index contributed by atoms with van der Waals surface area (Å²) in [5.74, 6) is -0.397. The first-order valence-electron chi connectivity index (χ1n) is 11.6. The molecule has 0 aliphatic rings. The predicted molar refractivity (Wildman–Crippen MR) is 137 cm³/mol. The normalized spacial score (nSPS) is 12.3. The molecule has 0 bridgehead atoms. The van der Waals surface area contributed by atoms with E-state index in [1.807, 2.05) is 25.4 Å². The summed E-state index contributed by atoms with van der Waals surface area (Å²) < 4.78 is 15.4. The Balaban J connectivity index is 1.51. The number of aromatic nitrogens is 1. The van der Waals surface area contributed by atoms with Crippen LogP contribution in [0.3, 0.4) is 0 Å². The number of hydrogen-bond acceptors (Lipinski definition) is 4. The van der Waals surface area contributed by atoms with Gasteiger partial charge in [-0.05, 0) is 55.1 Å². The summed E-state index contributed by atoms with van der Waals surface area (Å²) in [6, 6.07) is 13.4. The summed E-state index contributed by atoms with van der Waals surface area (Å²) in [7, 11) is 1.86. The van der Waals surface area contributed by atoms with Gasteiger partial charge in [0, 0.05) is 40.9 Å². The number of anilines is 1. The molecule has 4 rings (SSSR count). The zero-order chi connectivity index (χ0) is 23.2. The summed E-state index contributed by atoms with van der Waals surface area (Å²) in [5.41, 5.74) is 2.79. The van der Waals surface area contributed by atoms with Crippen LogP contribution in [0.15, 0.2) is 48.7 Å². The minimum atomic E-state index is -0.302. The van der Waals surface area contributed by atoms with Gasteiger partial charge < -0.3 is 20.9 Å². The van der Waals surface area contributed by atoms with E-state index >= 15 is 0 Å². The standard InChI is InChI=1S/C26H31FN4OS/c1-3-4-7-19(12-18-16-30-22-9-6-5-8-20(18)22)31-26(32)25-14-17-13-21(27)23(15-24(17)33-25)29-11-10-28-2/h5-6,8-9,13-16,19,28-30H,3-4,7,10-12H2,1-2H3,(H,31,32). The maximum atomic E-state index is 14.5. The molecular weight excluding hydrogens is 435 g/mol. The van der Waals surface area contributed by atoms with Gasteiger partial charge in [-0.15, -0.1) is 11.3 Å². The van der Waals surface area contributed by atoms with Gasteiger partial charge in [0.05, 0.1) is 10.6 Å². The fourth-order valence-electron chi connectivity index (χ4n) is 4.13. The van der Waals surface area contributed by atoms with E-state index in [2.05, 4.69) is 40.0 Å². The van der Waals surface area contributed by atoms with Crippen LogP contribution in [0.1, 0.15) is 41.4 Å². The summed E-state index contributed by atoms with van der Waals surface area (Å²) >= 11 is 1.40. The number of unbranched alkanes of at least 4 members (excludes halogenated alkanes) is 1. The number of benzene rings is 2. The minimum Gasteiger partial charge on any atom is -0.381 e. The molecule has 2 aromatic carbocycles. The third kappa shape index (κ3) is 5.54. The second-order valence-corrected chi connectivity index (χ2v) is 9.47. The Kier molecular flexibility index (Phi) is 7.62. The van der Waals surface area contributed by atoms with Crippen molar-refractivity contribution in [1.29, 1.82) is 0 Å². The van der Waals surface area contributed by atoms with Crippen molar-refractivity contribution in [3.8, 4) is 0 Å². The molecule has 4 N–H and O–H groups in total. The molecule has 4 aromatic rings. The van der Waals surface area contributed by atoms with Crippen LogP contribution in [0, 0.1) is 5.82 Å². The topological polar surface area (TPSA) is 69.0 Å². The first kappa shape index (κ1) is 23.3. The smallest absolute Gasteiger partial charge is 0.261 e. The van der Waals surface area contributed by atoms with Crippen LogP contribution in [0.25, 0.3) is 21.0 Å². The number of thiophene rings is 1. The molecule has 5 nitrogen and oxygen atoms in total. The second-order valence-electron chi connectivity index (χ2n) is 8.39. The lowest BCUT2D eigenvalue weighted by Gasteiger charge is -2.18. The van der Waals surface area contributed by atoms with Crippen molar-refractivity contribution in [2.75, 3.05) is 25.5 Å². The Labute approximate surface area is 197 Å². The number of para-hydroxylation sites is 1. The molecule has 2 heterocycles. The average molecular weight is 467 g/mol. The molecule has 2 aromatic heterocycles. The van der Waals surface area contributed by atoms with Gasteiger partial charge in [-0.25, -0.2) is 4.39 Å². The van der Waals surface area contributed by atoms with Crippen LogP contribution < -0.4 is 16.0 Å². The highest BCUT2D eigenvalue weighted by Gasteiger charge is 2.18. The first-order valence-corrected chi connectivity index (χ1v) is 12.4. The lowest BCUT2D eigenvalue weighted by Crippen LogP contribution is -2.36. The van der Waals surface area contributed by atoms with Crippen molar-refractivity contribution in [1.82, 2.24) is 15.6 Å². The van der Waals surface area contributed by atoms with Crippen LogP contribution in [-0.4, -0.2) is 37.1 Å². The van der Waals surface area contributed by atoms with Crippen LogP contribution in [-0.2, 0) is 6.42 Å². The molecular formula is C26H31FN4OS. The number of carbonyl (C=O) groups is 1. The molecule has 7 heteroatoms. The average Bonchev–Trinajstić information content (AvgIpc) is 3.41. The summed E-state index contributed by atoms with van der Waals surface area (Å²) in [4.78, 5) is 17.1. The van der Waals surface area contributed by atoms with Crippen molar-refractivity contribution in [3.05, 3.63) is 64.9 Å². The zero-order valence-electron chi connectivity index (χ0n) is 19.1. The van der Waals surface area contributed by atoms with Crippen LogP contribution >= 0.6 is 11.3 Å². The number of hydrogen-bond donors (Lipinski definition) is 4. The third-order valence-electron chi connectivity index (χ3n) is 5.90. The number of halogens is 1. The quantitative estimate of drug-likeness (QED) is 0.215. The maximum Gasteiger partial charge on any atom is 0.261 e. The Hall–Kier alpha value is -2.90. The molecule has 0 fully saturated rings. The van der Waals surface area contributed by atoms with Crippen molar-refractivity contribution in [2.45, 2.75) is 38.6 Å². The Morgan fingerprint density at radius 3 is 2.85 bits per heavy atom. The molecule has 0 aliphatic heterocycles. The van der Waals surface area contributed by atoms with Gasteiger partial charge in [0.1, 0.15) is 5.82 Å². The monoisotopic (exact) mass is 466 g/mol. The molecule has 0 saturated heterocycles. The van der Waals surface area contributed by atoms with Gasteiger partial charge in [-0.3, -0.25) is 4.79 Å². The van der Waals surface area contributed by atoms with Gasteiger partial charge in [0.25, 0.3) is 5.91 Å². The van der Waals surface area contributed by atoms with E-state index in [0.717, 1.165) is 47.8 Å². The van der Waals surface area contributed by atoms with Crippen LogP contribution in [0.4, 0.5) is 10.1 Å². The Bertz CT molecular complexity index is 1230. The van der Waals surface area contributed by atoms with E-state index < -0.39 is 0 Å². The van der Waals surface area contributed by atoms with Gasteiger partial charge in [0.2, 0.25) is 0 Å². The van der Waals surface area contributed by atoms with E-state index in [1.54, 1.807) is 12.1 Å². The summed E-state index contributed by atoms with van der Waals surface area (Å²) in [5, 5.41) is 11.3. The number of H-pyrrole nitrogens is 1. The highest BCUT2D eigenvalue weighted by Crippen LogP contribution is 2.30. The Morgan fingerprint density at radius 1 is 1.18 bits per heavy atom. The molecule has 0 spiro atoms. The van der Waals surface area contributed by atoms with Crippen LogP contribution in [0.2, 0.25) is 0 Å². The van der Waals surface area contributed by atoms with E-state index in [-0.39, 0.29) is 17.8 Å². The highest BCUT2D eigenvalue weighted by molar-refractivity contribution is 7.20. The van der Waals surface area contributed by atoms with E-state index in [4.69, 9.17) is 0 Å². The summed E-state index contributed by atoms with van der Waals surface area (Å²) in [6.45, 7) is 3.53. The van der Waals surface area contributed by atoms with Crippen molar-refractivity contribution in [3.63, 3.8) is 0 Å². The van der Waals surface area contributed by atoms with Gasteiger partial charge in [-0.2, -0.15) is 0 Å². The molecule has 33 heavy (non-hydrogen) atoms. The fraction of sp³-hybridized carbons (Fsp3) is 0.346. The molecule has 0 aliphatic carbocycles. The van der Waals surface area contributed by atoms with Crippen molar-refractivity contribution in [2.24, 2.45) is 0 Å². The molecule has 174 valence electrons. The number of fused-ring (bicyclic) bond motifs is 2. The SMILES string of the molecule is CCCCC(Cc1c[nH]c2ccccc12)NC(=O)c1cc2cc(F)c(NCCNC)cc2s1. The van der Waals surface area contributed by atoms with Crippen molar-refractivity contribution < 1.29 is 9.18 Å². The lowest BCUT2D eigenvalue weighted by molar-refractivity contribution is 0.0938. The van der Waals surface area contributed by atoms with E-state index in [1.165, 1.54) is 28.4 Å². The van der Waals surface area contributed by atoms with Gasteiger partial charge >= 0.3 is 0 Å². The fourth-order valence-corrected chi connectivity index (χ4v) is 5.11. The number of rotatable bonds is 11. The number of nitrogens with one attached hydrogen (secondary N) is 4. The molecule has 1 unspecified atom stereocenters. The maximum absolute atomic E-state index is 14.5. The zero-order valence-corrected chi connectivity index (χ0v) is 19.9. The highest BCUT2D eigenvalue weighted by atomic mass is 32.1. The van der Waals surface area contributed by atoms with Gasteiger partial charge in [0.15, 0.2) is 0 Å². The number of carbonyl (C=O) groups excluding carboxylic acids is 1. The molecule has 0 radical (unpaired) electrons. The minimum absolute atomic E-state index is 0.0392. The molecule has 1 amide bonds. The number of amides is 1. The largest absolute Gasteiger partial charge is 0.381 e. The number of aromatic amines is 1. The van der Waals surface area contributed by atoms with E-state index in [9.17, 15) is 9.18 Å². The third-order valence-corrected chi connectivity index (χ3v) is 7.00. The lowest BCUT2D eigenvalue weighted by atomic mass is 10.0. The van der Waals surface area contributed by atoms with Gasteiger partial charge in [-0.1, -0.05) is 38.0 Å². The molecule has 1 atom stereocenters. The second kappa shape index (κ2) is 10.8. The van der Waals surface area contributed by atoms with E-state index in [0.29, 0.717) is 17.1 Å². The van der Waals surface area contributed by atoms with Crippen molar-refractivity contribution >= 4 is 43.9 Å².